The van der Waals surface area contributed by atoms with Gasteiger partial charge in [-0.25, -0.2) is 0 Å². The van der Waals surface area contributed by atoms with Gasteiger partial charge in [0.2, 0.25) is 0 Å². The first-order chi connectivity index (χ1) is 10.5. The van der Waals surface area contributed by atoms with Crippen molar-refractivity contribution in [1.29, 1.82) is 5.26 Å². The van der Waals surface area contributed by atoms with Gasteiger partial charge >= 0.3 is 0 Å². The SMILES string of the molecule is Cc1onc(-c2c(Cl)cccc2Cl)c1C(=O)N(C)CCC#N. The van der Waals surface area contributed by atoms with Gasteiger partial charge in [-0.1, -0.05) is 34.4 Å². The Morgan fingerprint density at radius 1 is 1.41 bits per heavy atom. The van der Waals surface area contributed by atoms with Gasteiger partial charge in [-0.2, -0.15) is 5.26 Å². The number of aromatic nitrogens is 1. The molecule has 0 fully saturated rings. The maximum atomic E-state index is 12.6. The molecule has 2 aromatic rings. The monoisotopic (exact) mass is 337 g/mol. The number of amides is 1. The second-order valence-electron chi connectivity index (χ2n) is 4.69. The number of hydrogen-bond donors (Lipinski definition) is 0. The fourth-order valence-electron chi connectivity index (χ4n) is 2.03. The molecule has 0 saturated carbocycles. The van der Waals surface area contributed by atoms with E-state index in [2.05, 4.69) is 5.16 Å². The van der Waals surface area contributed by atoms with Crippen molar-refractivity contribution >= 4 is 29.1 Å². The number of halogens is 2. The van der Waals surface area contributed by atoms with Gasteiger partial charge in [0.1, 0.15) is 17.0 Å². The fraction of sp³-hybridized carbons (Fsp3) is 0.267. The summed E-state index contributed by atoms with van der Waals surface area (Å²) in [4.78, 5) is 14.0. The molecule has 0 N–H and O–H groups in total. The Labute approximate surface area is 138 Å². The standard InChI is InChI=1S/C15H13Cl2N3O2/c1-9-12(15(21)20(2)8-4-7-18)14(19-22-9)13-10(16)5-3-6-11(13)17/h3,5-6H,4,8H2,1-2H3. The molecule has 0 aliphatic carbocycles. The number of aryl methyl sites for hydroxylation is 1. The van der Waals surface area contributed by atoms with E-state index in [0.29, 0.717) is 39.2 Å². The predicted octanol–water partition coefficient (Wildman–Crippen LogP) is 3.94. The third-order valence-electron chi connectivity index (χ3n) is 3.18. The first-order valence-corrected chi connectivity index (χ1v) is 7.26. The zero-order valence-electron chi connectivity index (χ0n) is 12.1. The van der Waals surface area contributed by atoms with Crippen LogP contribution in [0.2, 0.25) is 10.0 Å². The zero-order chi connectivity index (χ0) is 16.3. The first kappa shape index (κ1) is 16.3. The molecule has 1 heterocycles. The molecular formula is C15H13Cl2N3O2. The van der Waals surface area contributed by atoms with E-state index in [1.54, 1.807) is 32.2 Å². The van der Waals surface area contributed by atoms with Gasteiger partial charge in [0.25, 0.3) is 5.91 Å². The molecule has 22 heavy (non-hydrogen) atoms. The molecule has 2 rings (SSSR count). The van der Waals surface area contributed by atoms with Crippen LogP contribution in [-0.4, -0.2) is 29.6 Å². The van der Waals surface area contributed by atoms with E-state index in [4.69, 9.17) is 33.0 Å². The van der Waals surface area contributed by atoms with E-state index in [9.17, 15) is 4.79 Å². The molecule has 0 spiro atoms. The molecule has 0 aliphatic heterocycles. The Hall–Kier alpha value is -2.03. The summed E-state index contributed by atoms with van der Waals surface area (Å²) in [5, 5.41) is 13.3. The summed E-state index contributed by atoms with van der Waals surface area (Å²) < 4.78 is 5.16. The van der Waals surface area contributed by atoms with Crippen LogP contribution in [0.1, 0.15) is 22.5 Å². The smallest absolute Gasteiger partial charge is 0.259 e. The third-order valence-corrected chi connectivity index (χ3v) is 3.81. The number of hydrogen-bond acceptors (Lipinski definition) is 4. The first-order valence-electron chi connectivity index (χ1n) is 6.50. The van der Waals surface area contributed by atoms with E-state index < -0.39 is 0 Å². The normalized spacial score (nSPS) is 10.3. The molecule has 0 bridgehead atoms. The summed E-state index contributed by atoms with van der Waals surface area (Å²) in [7, 11) is 1.62. The number of nitriles is 1. The highest BCUT2D eigenvalue weighted by molar-refractivity contribution is 6.39. The summed E-state index contributed by atoms with van der Waals surface area (Å²) in [5.41, 5.74) is 1.07. The van der Waals surface area contributed by atoms with Crippen molar-refractivity contribution in [2.75, 3.05) is 13.6 Å². The molecule has 1 amide bonds. The largest absolute Gasteiger partial charge is 0.360 e. The highest BCUT2D eigenvalue weighted by Gasteiger charge is 2.26. The lowest BCUT2D eigenvalue weighted by molar-refractivity contribution is 0.0797. The van der Waals surface area contributed by atoms with E-state index >= 15 is 0 Å². The van der Waals surface area contributed by atoms with Gasteiger partial charge in [0.05, 0.1) is 22.5 Å². The minimum Gasteiger partial charge on any atom is -0.360 e. The van der Waals surface area contributed by atoms with Gasteiger partial charge in [0.15, 0.2) is 0 Å². The Balaban J connectivity index is 2.49. The molecule has 0 saturated heterocycles. The molecule has 7 heteroatoms. The van der Waals surface area contributed by atoms with Gasteiger partial charge in [-0.15, -0.1) is 0 Å². The van der Waals surface area contributed by atoms with Crippen molar-refractivity contribution in [1.82, 2.24) is 10.1 Å². The molecular weight excluding hydrogens is 325 g/mol. The fourth-order valence-corrected chi connectivity index (χ4v) is 2.61. The molecule has 0 unspecified atom stereocenters. The lowest BCUT2D eigenvalue weighted by Gasteiger charge is -2.15. The summed E-state index contributed by atoms with van der Waals surface area (Å²) in [6.45, 7) is 1.96. The lowest BCUT2D eigenvalue weighted by atomic mass is 10.0. The van der Waals surface area contributed by atoms with Crippen LogP contribution >= 0.6 is 23.2 Å². The maximum absolute atomic E-state index is 12.6. The average molecular weight is 338 g/mol. The number of nitrogens with zero attached hydrogens (tertiary/aromatic N) is 3. The topological polar surface area (TPSA) is 70.1 Å². The molecule has 114 valence electrons. The van der Waals surface area contributed by atoms with Crippen molar-refractivity contribution in [3.05, 3.63) is 39.6 Å². The van der Waals surface area contributed by atoms with Crippen LogP contribution in [0, 0.1) is 18.3 Å². The average Bonchev–Trinajstić information content (AvgIpc) is 2.85. The highest BCUT2D eigenvalue weighted by Crippen LogP contribution is 2.37. The van der Waals surface area contributed by atoms with Crippen molar-refractivity contribution in [2.45, 2.75) is 13.3 Å². The van der Waals surface area contributed by atoms with Crippen LogP contribution in [0.25, 0.3) is 11.3 Å². The Bertz CT molecular complexity index is 729. The Kier molecular flexibility index (Phi) is 5.07. The number of benzene rings is 1. The summed E-state index contributed by atoms with van der Waals surface area (Å²) in [6.07, 6.45) is 0.245. The van der Waals surface area contributed by atoms with Crippen LogP contribution in [0.4, 0.5) is 0 Å². The zero-order valence-corrected chi connectivity index (χ0v) is 13.6. The van der Waals surface area contributed by atoms with E-state index in [-0.39, 0.29) is 12.3 Å². The molecule has 0 atom stereocenters. The van der Waals surface area contributed by atoms with Crippen LogP contribution in [0.15, 0.2) is 22.7 Å². The molecule has 0 radical (unpaired) electrons. The molecule has 1 aromatic heterocycles. The number of carbonyl (C=O) groups is 1. The van der Waals surface area contributed by atoms with Crippen LogP contribution in [-0.2, 0) is 0 Å². The Morgan fingerprint density at radius 3 is 2.64 bits per heavy atom. The predicted molar refractivity (Wildman–Crippen MR) is 83.9 cm³/mol. The van der Waals surface area contributed by atoms with Crippen molar-refractivity contribution in [3.8, 4) is 17.3 Å². The molecule has 5 nitrogen and oxygen atoms in total. The van der Waals surface area contributed by atoms with Crippen LogP contribution in [0.3, 0.4) is 0 Å². The summed E-state index contributed by atoms with van der Waals surface area (Å²) >= 11 is 12.4. The van der Waals surface area contributed by atoms with E-state index in [1.165, 1.54) is 4.90 Å². The van der Waals surface area contributed by atoms with E-state index in [0.717, 1.165) is 0 Å². The second kappa shape index (κ2) is 6.82. The quantitative estimate of drug-likeness (QED) is 0.846. The van der Waals surface area contributed by atoms with Crippen LogP contribution < -0.4 is 0 Å². The second-order valence-corrected chi connectivity index (χ2v) is 5.51. The number of carbonyl (C=O) groups excluding carboxylic acids is 1. The molecule has 0 aliphatic rings. The molecule has 1 aromatic carbocycles. The highest BCUT2D eigenvalue weighted by atomic mass is 35.5. The van der Waals surface area contributed by atoms with E-state index in [1.807, 2.05) is 6.07 Å². The lowest BCUT2D eigenvalue weighted by Crippen LogP contribution is -2.28. The van der Waals surface area contributed by atoms with Gasteiger partial charge in [0, 0.05) is 19.2 Å². The van der Waals surface area contributed by atoms with Gasteiger partial charge in [-0.3, -0.25) is 4.79 Å². The minimum atomic E-state index is -0.292. The van der Waals surface area contributed by atoms with Crippen LogP contribution in [0.5, 0.6) is 0 Å². The summed E-state index contributed by atoms with van der Waals surface area (Å²) in [5.74, 6) is 0.0831. The Morgan fingerprint density at radius 2 is 2.05 bits per heavy atom. The van der Waals surface area contributed by atoms with Crippen molar-refractivity contribution in [3.63, 3.8) is 0 Å². The number of rotatable bonds is 4. The van der Waals surface area contributed by atoms with Crippen molar-refractivity contribution in [2.24, 2.45) is 0 Å². The maximum Gasteiger partial charge on any atom is 0.259 e. The van der Waals surface area contributed by atoms with Crippen molar-refractivity contribution < 1.29 is 9.32 Å². The van der Waals surface area contributed by atoms with Gasteiger partial charge < -0.3 is 9.42 Å². The third kappa shape index (κ3) is 3.08. The summed E-state index contributed by atoms with van der Waals surface area (Å²) in [6, 6.07) is 7.05. The minimum absolute atomic E-state index is 0.245. The van der Waals surface area contributed by atoms with Gasteiger partial charge in [-0.05, 0) is 19.1 Å².